The molecule has 26 heavy (non-hydrogen) atoms. The molecular weight excluding hydrogens is 349 g/mol. The van der Waals surface area contributed by atoms with E-state index in [1.807, 2.05) is 40.6 Å². The molecule has 1 aromatic carbocycles. The number of benzene rings is 1. The fourth-order valence-electron chi connectivity index (χ4n) is 3.48. The maximum Gasteiger partial charge on any atom is 0.274 e. The SMILES string of the molecule is O=C(c1cc(-c2cccs2)[nH]n1)N1CCCC[C@@H](c2ccc(F)cc2)C1. The number of amides is 1. The van der Waals surface area contributed by atoms with Crippen molar-refractivity contribution in [2.24, 2.45) is 0 Å². The Kier molecular flexibility index (Phi) is 4.84. The van der Waals surface area contributed by atoms with Crippen LogP contribution in [0.1, 0.15) is 41.2 Å². The average Bonchev–Trinajstić information content (AvgIpc) is 3.29. The van der Waals surface area contributed by atoms with Crippen molar-refractivity contribution in [1.82, 2.24) is 15.1 Å². The number of carbonyl (C=O) groups is 1. The Balaban J connectivity index is 1.52. The van der Waals surface area contributed by atoms with Crippen LogP contribution in [0.15, 0.2) is 47.8 Å². The minimum absolute atomic E-state index is 0.0435. The van der Waals surface area contributed by atoms with Gasteiger partial charge in [-0.15, -0.1) is 11.3 Å². The molecule has 1 saturated heterocycles. The number of carbonyl (C=O) groups excluding carboxylic acids is 1. The van der Waals surface area contributed by atoms with Crippen LogP contribution in [0, 0.1) is 5.82 Å². The van der Waals surface area contributed by atoms with Crippen molar-refractivity contribution in [3.05, 3.63) is 64.9 Å². The van der Waals surface area contributed by atoms with Gasteiger partial charge >= 0.3 is 0 Å². The van der Waals surface area contributed by atoms with Crippen molar-refractivity contribution < 1.29 is 9.18 Å². The fraction of sp³-hybridized carbons (Fsp3) is 0.300. The molecule has 1 amide bonds. The third-order valence-electron chi connectivity index (χ3n) is 4.88. The van der Waals surface area contributed by atoms with Crippen LogP contribution in [0.5, 0.6) is 0 Å². The van der Waals surface area contributed by atoms with E-state index >= 15 is 0 Å². The van der Waals surface area contributed by atoms with E-state index in [0.717, 1.165) is 41.9 Å². The number of H-pyrrole nitrogens is 1. The zero-order valence-electron chi connectivity index (χ0n) is 14.3. The molecule has 3 aromatic rings. The van der Waals surface area contributed by atoms with E-state index in [1.54, 1.807) is 11.3 Å². The molecule has 1 N–H and O–H groups in total. The minimum Gasteiger partial charge on any atom is -0.337 e. The van der Waals surface area contributed by atoms with E-state index in [2.05, 4.69) is 10.2 Å². The summed E-state index contributed by atoms with van der Waals surface area (Å²) in [4.78, 5) is 15.9. The lowest BCUT2D eigenvalue weighted by molar-refractivity contribution is 0.0748. The lowest BCUT2D eigenvalue weighted by atomic mass is 9.94. The summed E-state index contributed by atoms with van der Waals surface area (Å²) in [5.74, 6) is -0.0382. The first-order valence-corrected chi connectivity index (χ1v) is 9.73. The number of likely N-dealkylation sites (tertiary alicyclic amines) is 1. The predicted molar refractivity (Wildman–Crippen MR) is 101 cm³/mol. The van der Waals surface area contributed by atoms with Gasteiger partial charge in [-0.3, -0.25) is 9.89 Å². The maximum absolute atomic E-state index is 13.2. The lowest BCUT2D eigenvalue weighted by Crippen LogP contribution is -2.34. The molecule has 0 aliphatic carbocycles. The monoisotopic (exact) mass is 369 g/mol. The molecule has 134 valence electrons. The topological polar surface area (TPSA) is 49.0 Å². The van der Waals surface area contributed by atoms with Crippen LogP contribution < -0.4 is 0 Å². The number of hydrogen-bond donors (Lipinski definition) is 1. The molecule has 1 aliphatic heterocycles. The molecule has 6 heteroatoms. The summed E-state index contributed by atoms with van der Waals surface area (Å²) in [6, 6.07) is 12.5. The second-order valence-electron chi connectivity index (χ2n) is 6.64. The van der Waals surface area contributed by atoms with E-state index in [-0.39, 0.29) is 17.6 Å². The summed E-state index contributed by atoms with van der Waals surface area (Å²) < 4.78 is 13.2. The first kappa shape index (κ1) is 17.0. The minimum atomic E-state index is -0.229. The van der Waals surface area contributed by atoms with Crippen LogP contribution in [0.2, 0.25) is 0 Å². The van der Waals surface area contributed by atoms with E-state index in [1.165, 1.54) is 12.1 Å². The number of rotatable bonds is 3. The zero-order valence-corrected chi connectivity index (χ0v) is 15.1. The molecule has 3 heterocycles. The summed E-state index contributed by atoms with van der Waals surface area (Å²) in [5, 5.41) is 9.19. The normalized spacial score (nSPS) is 17.9. The van der Waals surface area contributed by atoms with Crippen LogP contribution in [-0.2, 0) is 0 Å². The highest BCUT2D eigenvalue weighted by molar-refractivity contribution is 7.13. The molecule has 0 unspecified atom stereocenters. The maximum atomic E-state index is 13.2. The van der Waals surface area contributed by atoms with Gasteiger partial charge in [0.05, 0.1) is 10.6 Å². The van der Waals surface area contributed by atoms with Crippen LogP contribution in [-0.4, -0.2) is 34.1 Å². The first-order valence-electron chi connectivity index (χ1n) is 8.85. The smallest absolute Gasteiger partial charge is 0.274 e. The van der Waals surface area contributed by atoms with Crippen LogP contribution >= 0.6 is 11.3 Å². The van der Waals surface area contributed by atoms with Crippen molar-refractivity contribution in [1.29, 1.82) is 0 Å². The molecule has 4 rings (SSSR count). The highest BCUT2D eigenvalue weighted by Gasteiger charge is 2.25. The number of aromatic nitrogens is 2. The number of nitrogens with zero attached hydrogens (tertiary/aromatic N) is 2. The van der Waals surface area contributed by atoms with E-state index in [0.29, 0.717) is 12.2 Å². The Labute approximate surface area is 155 Å². The van der Waals surface area contributed by atoms with Crippen molar-refractivity contribution in [3.8, 4) is 10.6 Å². The second-order valence-corrected chi connectivity index (χ2v) is 7.59. The molecule has 0 radical (unpaired) electrons. The van der Waals surface area contributed by atoms with Gasteiger partial charge in [0.25, 0.3) is 5.91 Å². The molecule has 0 spiro atoms. The largest absolute Gasteiger partial charge is 0.337 e. The molecule has 0 saturated carbocycles. The van der Waals surface area contributed by atoms with Gasteiger partial charge in [-0.1, -0.05) is 24.6 Å². The molecule has 0 bridgehead atoms. The quantitative estimate of drug-likeness (QED) is 0.728. The predicted octanol–water partition coefficient (Wildman–Crippen LogP) is 4.69. The average molecular weight is 369 g/mol. The van der Waals surface area contributed by atoms with Crippen LogP contribution in [0.25, 0.3) is 10.6 Å². The van der Waals surface area contributed by atoms with Gasteiger partial charge < -0.3 is 4.90 Å². The third kappa shape index (κ3) is 3.55. The number of hydrogen-bond acceptors (Lipinski definition) is 3. The van der Waals surface area contributed by atoms with Crippen molar-refractivity contribution in [2.75, 3.05) is 13.1 Å². The molecule has 1 aliphatic rings. The van der Waals surface area contributed by atoms with Gasteiger partial charge in [-0.25, -0.2) is 4.39 Å². The second kappa shape index (κ2) is 7.41. The molecular formula is C20H20FN3OS. The Bertz CT molecular complexity index is 873. The highest BCUT2D eigenvalue weighted by Crippen LogP contribution is 2.28. The zero-order chi connectivity index (χ0) is 17.9. The first-order chi connectivity index (χ1) is 12.7. The van der Waals surface area contributed by atoms with Crippen molar-refractivity contribution in [2.45, 2.75) is 25.2 Å². The summed E-state index contributed by atoms with van der Waals surface area (Å²) in [6.45, 7) is 1.38. The van der Waals surface area contributed by atoms with Gasteiger partial charge in [-0.2, -0.15) is 5.10 Å². The van der Waals surface area contributed by atoms with Crippen molar-refractivity contribution >= 4 is 17.2 Å². The number of aromatic amines is 1. The third-order valence-corrected chi connectivity index (χ3v) is 5.79. The van der Waals surface area contributed by atoms with E-state index in [4.69, 9.17) is 0 Å². The number of nitrogens with one attached hydrogen (secondary N) is 1. The summed E-state index contributed by atoms with van der Waals surface area (Å²) in [7, 11) is 0. The Morgan fingerprint density at radius 2 is 2.08 bits per heavy atom. The lowest BCUT2D eigenvalue weighted by Gasteiger charge is -2.24. The Morgan fingerprint density at radius 3 is 2.85 bits per heavy atom. The van der Waals surface area contributed by atoms with Crippen molar-refractivity contribution in [3.63, 3.8) is 0 Å². The Hall–Kier alpha value is -2.47. The van der Waals surface area contributed by atoms with Crippen LogP contribution in [0.4, 0.5) is 4.39 Å². The van der Waals surface area contributed by atoms with Crippen LogP contribution in [0.3, 0.4) is 0 Å². The molecule has 1 fully saturated rings. The summed E-state index contributed by atoms with van der Waals surface area (Å²) in [6.07, 6.45) is 3.05. The Morgan fingerprint density at radius 1 is 1.23 bits per heavy atom. The number of halogens is 1. The molecule has 2 aromatic heterocycles. The fourth-order valence-corrected chi connectivity index (χ4v) is 4.18. The van der Waals surface area contributed by atoms with Gasteiger partial charge in [0.15, 0.2) is 5.69 Å². The number of thiophene rings is 1. The van der Waals surface area contributed by atoms with Gasteiger partial charge in [0, 0.05) is 19.0 Å². The van der Waals surface area contributed by atoms with E-state index < -0.39 is 0 Å². The summed E-state index contributed by atoms with van der Waals surface area (Å²) >= 11 is 1.61. The highest BCUT2D eigenvalue weighted by atomic mass is 32.1. The standard InChI is InChI=1S/C20H20FN3OS/c21-16-8-6-14(7-9-16)15-4-1-2-10-24(13-15)20(25)18-12-17(22-23-18)19-5-3-11-26-19/h3,5-9,11-12,15H,1-2,4,10,13H2,(H,22,23)/t15-/m1/s1. The molecule has 4 nitrogen and oxygen atoms in total. The van der Waals surface area contributed by atoms with Gasteiger partial charge in [0.2, 0.25) is 0 Å². The summed E-state index contributed by atoms with van der Waals surface area (Å²) in [5.41, 5.74) is 2.41. The molecule has 1 atom stereocenters. The van der Waals surface area contributed by atoms with E-state index in [9.17, 15) is 9.18 Å². The van der Waals surface area contributed by atoms with Gasteiger partial charge in [0.1, 0.15) is 5.82 Å². The van der Waals surface area contributed by atoms with Gasteiger partial charge in [-0.05, 0) is 48.1 Å².